The Bertz CT molecular complexity index is 661. The van der Waals surface area contributed by atoms with E-state index >= 15 is 0 Å². The lowest BCUT2D eigenvalue weighted by Crippen LogP contribution is -2.62. The summed E-state index contributed by atoms with van der Waals surface area (Å²) < 4.78 is 5.53. The highest BCUT2D eigenvalue weighted by Crippen LogP contribution is 2.69. The summed E-state index contributed by atoms with van der Waals surface area (Å²) in [5.41, 5.74) is -1.03. The molecular formula is C23H36O5. The Kier molecular flexibility index (Phi) is 4.94. The van der Waals surface area contributed by atoms with Gasteiger partial charge in [-0.3, -0.25) is 9.59 Å². The first kappa shape index (κ1) is 20.3. The third-order valence-electron chi connectivity index (χ3n) is 9.68. The standard InChI is InChI=1S/C23H36O5/c1-14(25)28-16-6-9-21(2)15(12-16)4-5-18-17(21)7-10-22(3)19(20(26)13-24)8-11-23(18,22)27/h15-19,24,27H,4-13H2,1-3H3/t15-,16+,17-,18+,19-,21+,22-,23+/m1/s1. The van der Waals surface area contributed by atoms with Crippen LogP contribution in [0.2, 0.25) is 0 Å². The lowest BCUT2D eigenvalue weighted by Gasteiger charge is -2.63. The van der Waals surface area contributed by atoms with Gasteiger partial charge in [0.1, 0.15) is 12.7 Å². The first-order valence-corrected chi connectivity index (χ1v) is 11.2. The highest BCUT2D eigenvalue weighted by molar-refractivity contribution is 5.83. The zero-order valence-corrected chi connectivity index (χ0v) is 17.6. The van der Waals surface area contributed by atoms with Gasteiger partial charge in [-0.2, -0.15) is 0 Å². The molecule has 0 spiro atoms. The van der Waals surface area contributed by atoms with Crippen molar-refractivity contribution < 1.29 is 24.5 Å². The van der Waals surface area contributed by atoms with Gasteiger partial charge in [-0.1, -0.05) is 13.8 Å². The molecular weight excluding hydrogens is 356 g/mol. The van der Waals surface area contributed by atoms with Gasteiger partial charge in [0.05, 0.1) is 5.60 Å². The van der Waals surface area contributed by atoms with Crippen molar-refractivity contribution in [3.05, 3.63) is 0 Å². The minimum absolute atomic E-state index is 0.0436. The minimum Gasteiger partial charge on any atom is -0.463 e. The smallest absolute Gasteiger partial charge is 0.302 e. The summed E-state index contributed by atoms with van der Waals surface area (Å²) in [6.45, 7) is 5.57. The highest BCUT2D eigenvalue weighted by Gasteiger charge is 2.68. The van der Waals surface area contributed by atoms with Gasteiger partial charge in [-0.05, 0) is 81.0 Å². The number of aliphatic hydroxyl groups excluding tert-OH is 1. The number of ketones is 1. The van der Waals surface area contributed by atoms with Crippen molar-refractivity contribution in [2.24, 2.45) is 34.5 Å². The average Bonchev–Trinajstić information content (AvgIpc) is 2.92. The second-order valence-electron chi connectivity index (χ2n) is 10.6. The first-order valence-electron chi connectivity index (χ1n) is 11.2. The molecule has 0 radical (unpaired) electrons. The molecule has 4 rings (SSSR count). The molecule has 4 aliphatic rings. The lowest BCUT2D eigenvalue weighted by molar-refractivity contribution is -0.212. The van der Waals surface area contributed by atoms with Crippen molar-refractivity contribution in [2.45, 2.75) is 90.3 Å². The Balaban J connectivity index is 1.58. The van der Waals surface area contributed by atoms with Crippen molar-refractivity contribution in [3.8, 4) is 0 Å². The number of hydrogen-bond acceptors (Lipinski definition) is 5. The number of carbonyl (C=O) groups excluding carboxylic acids is 2. The number of fused-ring (bicyclic) bond motifs is 5. The summed E-state index contributed by atoms with van der Waals surface area (Å²) in [6.07, 6.45) is 8.28. The molecule has 0 unspecified atom stereocenters. The quantitative estimate of drug-likeness (QED) is 0.720. The summed E-state index contributed by atoms with van der Waals surface area (Å²) in [6, 6.07) is 0. The topological polar surface area (TPSA) is 83.8 Å². The van der Waals surface area contributed by atoms with Gasteiger partial charge in [0.25, 0.3) is 0 Å². The van der Waals surface area contributed by atoms with Crippen LogP contribution in [0.1, 0.15) is 78.6 Å². The van der Waals surface area contributed by atoms with Gasteiger partial charge >= 0.3 is 5.97 Å². The van der Waals surface area contributed by atoms with E-state index in [4.69, 9.17) is 4.74 Å². The Morgan fingerprint density at radius 3 is 2.43 bits per heavy atom. The van der Waals surface area contributed by atoms with Crippen LogP contribution in [0, 0.1) is 34.5 Å². The van der Waals surface area contributed by atoms with E-state index in [0.29, 0.717) is 24.7 Å². The van der Waals surface area contributed by atoms with Crippen LogP contribution in [0.15, 0.2) is 0 Å². The van der Waals surface area contributed by atoms with E-state index in [1.54, 1.807) is 0 Å². The molecule has 8 atom stereocenters. The number of carbonyl (C=O) groups is 2. The van der Waals surface area contributed by atoms with Gasteiger partial charge in [-0.25, -0.2) is 0 Å². The molecule has 4 saturated carbocycles. The summed E-state index contributed by atoms with van der Waals surface area (Å²) in [5.74, 6) is 0.735. The van der Waals surface area contributed by atoms with E-state index in [0.717, 1.165) is 44.9 Å². The molecule has 158 valence electrons. The zero-order chi connectivity index (χ0) is 20.3. The van der Waals surface area contributed by atoms with Crippen LogP contribution in [0.3, 0.4) is 0 Å². The second-order valence-corrected chi connectivity index (χ2v) is 10.6. The maximum Gasteiger partial charge on any atom is 0.302 e. The van der Waals surface area contributed by atoms with E-state index in [-0.39, 0.29) is 35.1 Å². The maximum atomic E-state index is 12.4. The Morgan fingerprint density at radius 1 is 1.00 bits per heavy atom. The molecule has 0 amide bonds. The van der Waals surface area contributed by atoms with Gasteiger partial charge in [0, 0.05) is 18.3 Å². The number of Topliss-reactive ketones (excluding diaryl/α,β-unsaturated/α-hetero) is 1. The summed E-state index contributed by atoms with van der Waals surface area (Å²) in [5, 5.41) is 21.4. The molecule has 0 aromatic heterocycles. The third kappa shape index (κ3) is 2.72. The number of esters is 1. The van der Waals surface area contributed by atoms with E-state index in [2.05, 4.69) is 13.8 Å². The molecule has 0 bridgehead atoms. The molecule has 5 nitrogen and oxygen atoms in total. The van der Waals surface area contributed by atoms with Crippen LogP contribution in [-0.4, -0.2) is 40.3 Å². The van der Waals surface area contributed by atoms with Crippen molar-refractivity contribution >= 4 is 11.8 Å². The Morgan fingerprint density at radius 2 is 1.75 bits per heavy atom. The fourth-order valence-electron chi connectivity index (χ4n) is 8.15. The molecule has 5 heteroatoms. The normalized spacial score (nSPS) is 50.2. The largest absolute Gasteiger partial charge is 0.463 e. The second kappa shape index (κ2) is 6.80. The van der Waals surface area contributed by atoms with Crippen LogP contribution < -0.4 is 0 Å². The zero-order valence-electron chi connectivity index (χ0n) is 17.6. The molecule has 0 aliphatic heterocycles. The Labute approximate surface area is 168 Å². The number of ether oxygens (including phenoxy) is 1. The summed E-state index contributed by atoms with van der Waals surface area (Å²) >= 11 is 0. The van der Waals surface area contributed by atoms with Crippen LogP contribution in [-0.2, 0) is 14.3 Å². The van der Waals surface area contributed by atoms with E-state index in [1.807, 2.05) is 0 Å². The predicted molar refractivity (Wildman–Crippen MR) is 104 cm³/mol. The van der Waals surface area contributed by atoms with E-state index < -0.39 is 17.6 Å². The Hall–Kier alpha value is -0.940. The van der Waals surface area contributed by atoms with Gasteiger partial charge in [0.15, 0.2) is 5.78 Å². The lowest BCUT2D eigenvalue weighted by atomic mass is 9.43. The molecule has 0 aromatic carbocycles. The van der Waals surface area contributed by atoms with Crippen molar-refractivity contribution in [1.29, 1.82) is 0 Å². The van der Waals surface area contributed by atoms with Crippen LogP contribution in [0.5, 0.6) is 0 Å². The molecule has 0 aromatic rings. The highest BCUT2D eigenvalue weighted by atomic mass is 16.5. The van der Waals surface area contributed by atoms with Gasteiger partial charge in [-0.15, -0.1) is 0 Å². The van der Waals surface area contributed by atoms with Crippen LogP contribution in [0.4, 0.5) is 0 Å². The number of aliphatic hydroxyl groups is 2. The average molecular weight is 393 g/mol. The van der Waals surface area contributed by atoms with Crippen molar-refractivity contribution in [1.82, 2.24) is 0 Å². The minimum atomic E-state index is -0.799. The predicted octanol–water partition coefficient (Wildman–Crippen LogP) is 3.25. The molecule has 0 saturated heterocycles. The molecule has 28 heavy (non-hydrogen) atoms. The van der Waals surface area contributed by atoms with Gasteiger partial charge in [0.2, 0.25) is 0 Å². The molecule has 4 aliphatic carbocycles. The molecule has 4 fully saturated rings. The fraction of sp³-hybridized carbons (Fsp3) is 0.913. The number of hydrogen-bond donors (Lipinski definition) is 2. The molecule has 2 N–H and O–H groups in total. The monoisotopic (exact) mass is 392 g/mol. The van der Waals surface area contributed by atoms with Crippen LogP contribution in [0.25, 0.3) is 0 Å². The first-order chi connectivity index (χ1) is 13.2. The fourth-order valence-corrected chi connectivity index (χ4v) is 8.15. The van der Waals surface area contributed by atoms with Crippen molar-refractivity contribution in [3.63, 3.8) is 0 Å². The SMILES string of the molecule is CC(=O)O[C@H]1CC[C@@]2(C)[C@H](CC[C@H]3[C@H]2CC[C@]2(C)[C@@H](C(=O)CO)CC[C@]32O)C1. The van der Waals surface area contributed by atoms with Crippen LogP contribution >= 0.6 is 0 Å². The van der Waals surface area contributed by atoms with E-state index in [9.17, 15) is 19.8 Å². The van der Waals surface area contributed by atoms with Crippen molar-refractivity contribution in [2.75, 3.05) is 6.61 Å². The number of rotatable bonds is 3. The summed E-state index contributed by atoms with van der Waals surface area (Å²) in [4.78, 5) is 23.8. The summed E-state index contributed by atoms with van der Waals surface area (Å²) in [7, 11) is 0. The molecule has 0 heterocycles. The third-order valence-corrected chi connectivity index (χ3v) is 9.68. The van der Waals surface area contributed by atoms with E-state index in [1.165, 1.54) is 6.92 Å². The maximum absolute atomic E-state index is 12.4. The van der Waals surface area contributed by atoms with Gasteiger partial charge < -0.3 is 14.9 Å².